The van der Waals surface area contributed by atoms with Crippen LogP contribution in [-0.2, 0) is 0 Å². The number of benzene rings is 1. The smallest absolute Gasteiger partial charge is 0.100 e. The summed E-state index contributed by atoms with van der Waals surface area (Å²) in [5.74, 6) is 0. The summed E-state index contributed by atoms with van der Waals surface area (Å²) >= 11 is 0. The first-order valence-electron chi connectivity index (χ1n) is 5.29. The number of para-hydroxylation sites is 2. The largest absolute Gasteiger partial charge is 0.384 e. The van der Waals surface area contributed by atoms with Crippen LogP contribution in [0.2, 0.25) is 0 Å². The maximum Gasteiger partial charge on any atom is 0.100 e. The average Bonchev–Trinajstić information content (AvgIpc) is 2.68. The third kappa shape index (κ3) is 2.05. The highest BCUT2D eigenvalue weighted by Gasteiger charge is 2.22. The van der Waals surface area contributed by atoms with E-state index in [4.69, 9.17) is 5.26 Å². The Morgan fingerprint density at radius 3 is 2.82 bits per heavy atom. The van der Waals surface area contributed by atoms with Crippen molar-refractivity contribution in [2.24, 2.45) is 0 Å². The lowest BCUT2D eigenvalue weighted by Gasteiger charge is -2.22. The third-order valence-electron chi connectivity index (χ3n) is 2.54. The first-order chi connectivity index (χ1) is 8.04. The van der Waals surface area contributed by atoms with Gasteiger partial charge in [-0.15, -0.1) is 0 Å². The molecule has 1 aromatic carbocycles. The van der Waals surface area contributed by atoms with Gasteiger partial charge < -0.3 is 5.11 Å². The lowest BCUT2D eigenvalue weighted by atomic mass is 10.0. The molecule has 0 radical (unpaired) electrons. The second-order valence-corrected chi connectivity index (χ2v) is 4.32. The predicted molar refractivity (Wildman–Crippen MR) is 65.9 cm³/mol. The minimum Gasteiger partial charge on any atom is -0.384 e. The molecule has 0 unspecified atom stereocenters. The number of aromatic nitrogens is 2. The molecular formula is C13H13N3O. The van der Waals surface area contributed by atoms with E-state index in [0.717, 1.165) is 11.0 Å². The summed E-state index contributed by atoms with van der Waals surface area (Å²) in [6, 6.07) is 9.55. The summed E-state index contributed by atoms with van der Waals surface area (Å²) in [6.07, 6.45) is 2.96. The number of hydrogen-bond acceptors (Lipinski definition) is 3. The maximum absolute atomic E-state index is 10.1. The van der Waals surface area contributed by atoms with Crippen LogP contribution in [0.15, 0.2) is 36.7 Å². The molecular weight excluding hydrogens is 214 g/mol. The number of allylic oxidation sites excluding steroid dienone is 1. The zero-order chi connectivity index (χ0) is 12.5. The monoisotopic (exact) mass is 227 g/mol. The molecule has 0 aliphatic rings. The summed E-state index contributed by atoms with van der Waals surface area (Å²) in [5, 5.41) is 18.9. The predicted octanol–water partition coefficient (Wildman–Crippen LogP) is 2.17. The van der Waals surface area contributed by atoms with Gasteiger partial charge in [0.1, 0.15) is 11.9 Å². The van der Waals surface area contributed by atoms with E-state index in [0.29, 0.717) is 5.70 Å². The van der Waals surface area contributed by atoms with E-state index in [9.17, 15) is 5.11 Å². The van der Waals surface area contributed by atoms with E-state index in [-0.39, 0.29) is 0 Å². The van der Waals surface area contributed by atoms with Crippen molar-refractivity contribution in [3.05, 3.63) is 36.7 Å². The molecule has 17 heavy (non-hydrogen) atoms. The molecule has 2 aromatic rings. The number of rotatable bonds is 2. The molecule has 0 saturated carbocycles. The first kappa shape index (κ1) is 11.4. The van der Waals surface area contributed by atoms with Gasteiger partial charge in [-0.1, -0.05) is 12.1 Å². The van der Waals surface area contributed by atoms with E-state index >= 15 is 0 Å². The molecule has 0 aliphatic heterocycles. The standard InChI is InChI=1S/C13H13N3O/c1-13(2,17)12(7-8-14)16-9-15-10-5-3-4-6-11(10)16/h3-7,9,17H,1-2H3. The highest BCUT2D eigenvalue weighted by molar-refractivity contribution is 5.80. The van der Waals surface area contributed by atoms with Crippen molar-refractivity contribution in [2.75, 3.05) is 0 Å². The molecule has 2 rings (SSSR count). The van der Waals surface area contributed by atoms with Gasteiger partial charge >= 0.3 is 0 Å². The van der Waals surface area contributed by atoms with Gasteiger partial charge in [-0.2, -0.15) is 5.26 Å². The van der Waals surface area contributed by atoms with Gasteiger partial charge in [-0.25, -0.2) is 4.98 Å². The molecule has 1 N–H and O–H groups in total. The van der Waals surface area contributed by atoms with Gasteiger partial charge in [0.05, 0.1) is 22.8 Å². The van der Waals surface area contributed by atoms with Gasteiger partial charge in [0.15, 0.2) is 0 Å². The SMILES string of the molecule is CC(C)(O)C(=CC#N)n1cnc2ccccc21. The van der Waals surface area contributed by atoms with Crippen LogP contribution < -0.4 is 0 Å². The fourth-order valence-corrected chi connectivity index (χ4v) is 1.75. The van der Waals surface area contributed by atoms with Crippen LogP contribution >= 0.6 is 0 Å². The molecule has 0 saturated heterocycles. The van der Waals surface area contributed by atoms with Gasteiger partial charge in [-0.05, 0) is 26.0 Å². The Morgan fingerprint density at radius 1 is 1.47 bits per heavy atom. The van der Waals surface area contributed by atoms with Gasteiger partial charge in [0, 0.05) is 6.08 Å². The summed E-state index contributed by atoms with van der Waals surface area (Å²) < 4.78 is 1.73. The van der Waals surface area contributed by atoms with Crippen LogP contribution in [0.25, 0.3) is 16.7 Å². The van der Waals surface area contributed by atoms with Crippen molar-refractivity contribution in [1.82, 2.24) is 9.55 Å². The number of nitriles is 1. The van der Waals surface area contributed by atoms with Crippen LogP contribution in [0.4, 0.5) is 0 Å². The van der Waals surface area contributed by atoms with Gasteiger partial charge in [-0.3, -0.25) is 4.57 Å². The second-order valence-electron chi connectivity index (χ2n) is 4.32. The van der Waals surface area contributed by atoms with Crippen molar-refractivity contribution in [2.45, 2.75) is 19.4 Å². The Bertz CT molecular complexity index is 611. The fraction of sp³-hybridized carbons (Fsp3) is 0.231. The average molecular weight is 227 g/mol. The summed E-state index contributed by atoms with van der Waals surface area (Å²) in [7, 11) is 0. The zero-order valence-electron chi connectivity index (χ0n) is 9.75. The van der Waals surface area contributed by atoms with E-state index < -0.39 is 5.60 Å². The lowest BCUT2D eigenvalue weighted by Crippen LogP contribution is -2.24. The van der Waals surface area contributed by atoms with Crippen molar-refractivity contribution >= 4 is 16.7 Å². The molecule has 4 nitrogen and oxygen atoms in total. The molecule has 0 spiro atoms. The second kappa shape index (κ2) is 4.04. The Kier molecular flexibility index (Phi) is 2.70. The van der Waals surface area contributed by atoms with E-state index in [2.05, 4.69) is 4.98 Å². The lowest BCUT2D eigenvalue weighted by molar-refractivity contribution is 0.138. The topological polar surface area (TPSA) is 61.8 Å². The number of hydrogen-bond donors (Lipinski definition) is 1. The number of nitrogens with zero attached hydrogens (tertiary/aromatic N) is 3. The fourth-order valence-electron chi connectivity index (χ4n) is 1.75. The van der Waals surface area contributed by atoms with Gasteiger partial charge in [0.25, 0.3) is 0 Å². The third-order valence-corrected chi connectivity index (χ3v) is 2.54. The molecule has 1 heterocycles. The van der Waals surface area contributed by atoms with Crippen LogP contribution in [0, 0.1) is 11.3 Å². The normalized spacial score (nSPS) is 12.7. The molecule has 0 fully saturated rings. The maximum atomic E-state index is 10.1. The number of fused-ring (bicyclic) bond motifs is 1. The van der Waals surface area contributed by atoms with E-state index in [1.54, 1.807) is 24.7 Å². The Balaban J connectivity index is 2.67. The molecule has 0 bridgehead atoms. The number of imidazole rings is 1. The molecule has 86 valence electrons. The van der Waals surface area contributed by atoms with E-state index in [1.165, 1.54) is 6.08 Å². The minimum absolute atomic E-state index is 0.508. The molecule has 4 heteroatoms. The Hall–Kier alpha value is -2.12. The number of aliphatic hydroxyl groups is 1. The van der Waals surface area contributed by atoms with Crippen molar-refractivity contribution in [3.63, 3.8) is 0 Å². The summed E-state index contributed by atoms with van der Waals surface area (Å²) in [5.41, 5.74) is 1.12. The van der Waals surface area contributed by atoms with Crippen LogP contribution in [0.5, 0.6) is 0 Å². The van der Waals surface area contributed by atoms with Crippen molar-refractivity contribution < 1.29 is 5.11 Å². The quantitative estimate of drug-likeness (QED) is 0.800. The van der Waals surface area contributed by atoms with Crippen LogP contribution in [0.3, 0.4) is 0 Å². The van der Waals surface area contributed by atoms with Crippen molar-refractivity contribution in [1.29, 1.82) is 5.26 Å². The minimum atomic E-state index is -1.10. The van der Waals surface area contributed by atoms with Crippen LogP contribution in [-0.4, -0.2) is 20.3 Å². The highest BCUT2D eigenvalue weighted by atomic mass is 16.3. The summed E-state index contributed by atoms with van der Waals surface area (Å²) in [4.78, 5) is 4.24. The molecule has 0 aliphatic carbocycles. The van der Waals surface area contributed by atoms with Gasteiger partial charge in [0.2, 0.25) is 0 Å². The Morgan fingerprint density at radius 2 is 2.18 bits per heavy atom. The van der Waals surface area contributed by atoms with Crippen molar-refractivity contribution in [3.8, 4) is 6.07 Å². The highest BCUT2D eigenvalue weighted by Crippen LogP contribution is 2.25. The molecule has 0 amide bonds. The first-order valence-corrected chi connectivity index (χ1v) is 5.29. The molecule has 1 aromatic heterocycles. The zero-order valence-corrected chi connectivity index (χ0v) is 9.75. The molecule has 0 atom stereocenters. The Labute approximate surface area is 99.4 Å². The van der Waals surface area contributed by atoms with Crippen LogP contribution in [0.1, 0.15) is 13.8 Å². The van der Waals surface area contributed by atoms with E-state index in [1.807, 2.05) is 30.3 Å². The summed E-state index contributed by atoms with van der Waals surface area (Å²) in [6.45, 7) is 3.29.